The number of nitrogens with zero attached hydrogens (tertiary/aromatic N) is 5. The minimum absolute atomic E-state index is 0.650. The number of nitrogens with one attached hydrogen (secondary N) is 2. The summed E-state index contributed by atoms with van der Waals surface area (Å²) in [7, 11) is 0. The van der Waals surface area contributed by atoms with Crippen molar-refractivity contribution in [3.05, 3.63) is 78.6 Å². The van der Waals surface area contributed by atoms with E-state index in [1.807, 2.05) is 65.6 Å². The van der Waals surface area contributed by atoms with Gasteiger partial charge in [0, 0.05) is 47.4 Å². The number of morpholine rings is 1. The Labute approximate surface area is 190 Å². The van der Waals surface area contributed by atoms with Crippen LogP contribution in [-0.2, 0) is 4.74 Å². The van der Waals surface area contributed by atoms with Crippen LogP contribution in [0, 0.1) is 0 Å². The Morgan fingerprint density at radius 2 is 1.85 bits per heavy atom. The van der Waals surface area contributed by atoms with E-state index < -0.39 is 0 Å². The van der Waals surface area contributed by atoms with Crippen molar-refractivity contribution in [3.8, 4) is 11.3 Å². The maximum absolute atomic E-state index is 5.55. The highest BCUT2D eigenvalue weighted by Gasteiger charge is 2.18. The van der Waals surface area contributed by atoms with Crippen LogP contribution in [-0.4, -0.2) is 52.1 Å². The van der Waals surface area contributed by atoms with E-state index in [-0.39, 0.29) is 0 Å². The van der Waals surface area contributed by atoms with E-state index in [1.165, 1.54) is 0 Å². The molecule has 4 heterocycles. The molecule has 0 unspecified atom stereocenters. The Bertz CT molecular complexity index is 1430. The predicted octanol–water partition coefficient (Wildman–Crippen LogP) is 4.16. The number of anilines is 2. The number of H-pyrrole nitrogens is 1. The number of aromatic amines is 1. The number of imidazole rings is 1. The third-order valence-electron chi connectivity index (χ3n) is 5.83. The van der Waals surface area contributed by atoms with E-state index in [2.05, 4.69) is 38.6 Å². The molecular formula is C25H23N7O. The summed E-state index contributed by atoms with van der Waals surface area (Å²) in [5, 5.41) is 10.3. The highest BCUT2D eigenvalue weighted by atomic mass is 16.5. The molecule has 33 heavy (non-hydrogen) atoms. The molecule has 0 bridgehead atoms. The summed E-state index contributed by atoms with van der Waals surface area (Å²) in [5.74, 6) is 0.650. The molecule has 1 aliphatic heterocycles. The van der Waals surface area contributed by atoms with E-state index in [0.29, 0.717) is 19.0 Å². The standard InChI is InChI=1S/C25H23N7O/c1-2-6-18(7-3-1)22-17-32-25(28-22)23(31-10-12-33-13-11-31)14-24(30-32)29-27-16-19-15-26-21-9-5-4-8-20(19)21/h1-9,14-17,26H,10-13H2,(H,29,30)/b27-16+. The van der Waals surface area contributed by atoms with Crippen molar-refractivity contribution in [2.75, 3.05) is 36.6 Å². The van der Waals surface area contributed by atoms with Crippen molar-refractivity contribution in [2.24, 2.45) is 5.10 Å². The molecule has 6 rings (SSSR count). The van der Waals surface area contributed by atoms with E-state index in [4.69, 9.17) is 14.8 Å². The first-order chi connectivity index (χ1) is 16.3. The Balaban J connectivity index is 1.36. The summed E-state index contributed by atoms with van der Waals surface area (Å²) >= 11 is 0. The molecule has 0 atom stereocenters. The number of hydrogen-bond acceptors (Lipinski definition) is 6. The summed E-state index contributed by atoms with van der Waals surface area (Å²) < 4.78 is 7.38. The summed E-state index contributed by atoms with van der Waals surface area (Å²) in [6, 6.07) is 20.3. The van der Waals surface area contributed by atoms with Crippen LogP contribution >= 0.6 is 0 Å². The molecule has 2 aromatic carbocycles. The molecule has 1 fully saturated rings. The van der Waals surface area contributed by atoms with Gasteiger partial charge in [-0.25, -0.2) is 9.50 Å². The summed E-state index contributed by atoms with van der Waals surface area (Å²) in [6.07, 6.45) is 5.72. The zero-order valence-electron chi connectivity index (χ0n) is 18.0. The van der Waals surface area contributed by atoms with Crippen LogP contribution in [0.5, 0.6) is 0 Å². The molecule has 1 saturated heterocycles. The molecule has 0 saturated carbocycles. The molecule has 5 aromatic rings. The van der Waals surface area contributed by atoms with Gasteiger partial charge in [-0.2, -0.15) is 5.10 Å². The van der Waals surface area contributed by atoms with Crippen molar-refractivity contribution in [2.45, 2.75) is 0 Å². The monoisotopic (exact) mass is 437 g/mol. The number of hydrazone groups is 1. The van der Waals surface area contributed by atoms with Gasteiger partial charge in [0.1, 0.15) is 0 Å². The zero-order valence-corrected chi connectivity index (χ0v) is 18.0. The van der Waals surface area contributed by atoms with Crippen LogP contribution in [0.4, 0.5) is 11.5 Å². The number of benzene rings is 2. The van der Waals surface area contributed by atoms with Gasteiger partial charge in [0.2, 0.25) is 0 Å². The molecule has 0 amide bonds. The molecule has 0 aliphatic carbocycles. The fourth-order valence-electron chi connectivity index (χ4n) is 4.17. The topological polar surface area (TPSA) is 82.8 Å². The lowest BCUT2D eigenvalue weighted by molar-refractivity contribution is 0.123. The Kier molecular flexibility index (Phi) is 4.97. The predicted molar refractivity (Wildman–Crippen MR) is 131 cm³/mol. The minimum atomic E-state index is 0.650. The van der Waals surface area contributed by atoms with E-state index >= 15 is 0 Å². The normalized spacial score (nSPS) is 14.5. The number of aromatic nitrogens is 4. The number of para-hydroxylation sites is 1. The minimum Gasteiger partial charge on any atom is -0.378 e. The van der Waals surface area contributed by atoms with Crippen LogP contribution in [0.3, 0.4) is 0 Å². The molecular weight excluding hydrogens is 414 g/mol. The van der Waals surface area contributed by atoms with Gasteiger partial charge in [-0.3, -0.25) is 5.43 Å². The SMILES string of the molecule is C(=N\Nc1cc(N2CCOCC2)c2nc(-c3ccccc3)cn2n1)/c1c[nH]c2ccccc12. The summed E-state index contributed by atoms with van der Waals surface area (Å²) in [5.41, 5.74) is 8.98. The highest BCUT2D eigenvalue weighted by molar-refractivity contribution is 5.99. The Morgan fingerprint density at radius 1 is 1.03 bits per heavy atom. The van der Waals surface area contributed by atoms with E-state index in [9.17, 15) is 0 Å². The van der Waals surface area contributed by atoms with Crippen molar-refractivity contribution in [3.63, 3.8) is 0 Å². The number of ether oxygens (including phenoxy) is 1. The highest BCUT2D eigenvalue weighted by Crippen LogP contribution is 2.28. The first-order valence-corrected chi connectivity index (χ1v) is 11.0. The molecule has 8 heteroatoms. The molecule has 0 spiro atoms. The van der Waals surface area contributed by atoms with Gasteiger partial charge < -0.3 is 14.6 Å². The second-order valence-electron chi connectivity index (χ2n) is 7.93. The quantitative estimate of drug-likeness (QED) is 0.319. The van der Waals surface area contributed by atoms with Crippen molar-refractivity contribution in [1.82, 2.24) is 19.6 Å². The fraction of sp³-hybridized carbons (Fsp3) is 0.160. The molecule has 8 nitrogen and oxygen atoms in total. The lowest BCUT2D eigenvalue weighted by atomic mass is 10.2. The van der Waals surface area contributed by atoms with Gasteiger partial charge in [-0.15, -0.1) is 5.10 Å². The first-order valence-electron chi connectivity index (χ1n) is 11.0. The summed E-state index contributed by atoms with van der Waals surface area (Å²) in [4.78, 5) is 10.5. The Morgan fingerprint density at radius 3 is 2.73 bits per heavy atom. The zero-order chi connectivity index (χ0) is 22.0. The largest absolute Gasteiger partial charge is 0.378 e. The summed E-state index contributed by atoms with van der Waals surface area (Å²) in [6.45, 7) is 3.01. The van der Waals surface area contributed by atoms with Crippen LogP contribution in [0.25, 0.3) is 27.8 Å². The number of rotatable bonds is 5. The van der Waals surface area contributed by atoms with Crippen LogP contribution in [0.15, 0.2) is 78.2 Å². The van der Waals surface area contributed by atoms with Gasteiger partial charge in [0.05, 0.1) is 37.0 Å². The maximum Gasteiger partial charge on any atom is 0.177 e. The second-order valence-corrected chi connectivity index (χ2v) is 7.93. The Hall–Kier alpha value is -4.17. The van der Waals surface area contributed by atoms with Crippen molar-refractivity contribution < 1.29 is 4.74 Å². The average molecular weight is 438 g/mol. The van der Waals surface area contributed by atoms with E-state index in [0.717, 1.165) is 52.1 Å². The smallest absolute Gasteiger partial charge is 0.177 e. The van der Waals surface area contributed by atoms with Gasteiger partial charge in [-0.1, -0.05) is 48.5 Å². The first kappa shape index (κ1) is 19.5. The molecule has 164 valence electrons. The van der Waals surface area contributed by atoms with Gasteiger partial charge in [0.25, 0.3) is 0 Å². The van der Waals surface area contributed by atoms with Crippen molar-refractivity contribution >= 4 is 34.3 Å². The number of fused-ring (bicyclic) bond motifs is 2. The molecule has 0 radical (unpaired) electrons. The number of hydrogen-bond donors (Lipinski definition) is 2. The fourth-order valence-corrected chi connectivity index (χ4v) is 4.17. The van der Waals surface area contributed by atoms with Crippen LogP contribution in [0.1, 0.15) is 5.56 Å². The third kappa shape index (κ3) is 3.81. The van der Waals surface area contributed by atoms with Gasteiger partial charge >= 0.3 is 0 Å². The maximum atomic E-state index is 5.55. The lowest BCUT2D eigenvalue weighted by Gasteiger charge is -2.29. The molecule has 3 aromatic heterocycles. The third-order valence-corrected chi connectivity index (χ3v) is 5.83. The van der Waals surface area contributed by atoms with Gasteiger partial charge in [-0.05, 0) is 6.07 Å². The van der Waals surface area contributed by atoms with Gasteiger partial charge in [0.15, 0.2) is 11.5 Å². The average Bonchev–Trinajstić information content (AvgIpc) is 3.49. The van der Waals surface area contributed by atoms with Crippen molar-refractivity contribution in [1.29, 1.82) is 0 Å². The van der Waals surface area contributed by atoms with Crippen LogP contribution in [0.2, 0.25) is 0 Å². The molecule has 1 aliphatic rings. The lowest BCUT2D eigenvalue weighted by Crippen LogP contribution is -2.36. The van der Waals surface area contributed by atoms with E-state index in [1.54, 1.807) is 0 Å². The molecule has 2 N–H and O–H groups in total. The second kappa shape index (κ2) is 8.40. The van der Waals surface area contributed by atoms with Crippen LogP contribution < -0.4 is 10.3 Å².